The summed E-state index contributed by atoms with van der Waals surface area (Å²) in [4.78, 5) is 16.0. The molecule has 1 saturated heterocycles. The Balaban J connectivity index is 2.03. The van der Waals surface area contributed by atoms with E-state index >= 15 is 0 Å². The number of carbonyl (C=O) groups excluding carboxylic acids is 1. The first-order valence-electron chi connectivity index (χ1n) is 6.14. The SMILES string of the molecule is COC1(CNC(=O)c2cc(Cl)nc(NN)c2)CCOC1. The molecule has 0 aromatic carbocycles. The van der Waals surface area contributed by atoms with Gasteiger partial charge in [0.15, 0.2) is 0 Å². The summed E-state index contributed by atoms with van der Waals surface area (Å²) in [5.41, 5.74) is 2.28. The van der Waals surface area contributed by atoms with Crippen LogP contribution in [-0.2, 0) is 9.47 Å². The average Bonchev–Trinajstić information content (AvgIpc) is 2.93. The molecule has 0 radical (unpaired) electrons. The van der Waals surface area contributed by atoms with Gasteiger partial charge in [-0.05, 0) is 12.1 Å². The third kappa shape index (κ3) is 3.37. The normalized spacial score (nSPS) is 21.8. The number of halogens is 1. The van der Waals surface area contributed by atoms with Gasteiger partial charge in [0.2, 0.25) is 0 Å². The van der Waals surface area contributed by atoms with Crippen molar-refractivity contribution in [1.82, 2.24) is 10.3 Å². The smallest absolute Gasteiger partial charge is 0.251 e. The molecule has 0 aliphatic carbocycles. The molecule has 2 rings (SSSR count). The lowest BCUT2D eigenvalue weighted by atomic mass is 10.0. The zero-order valence-electron chi connectivity index (χ0n) is 11.1. The maximum Gasteiger partial charge on any atom is 0.251 e. The van der Waals surface area contributed by atoms with E-state index in [1.807, 2.05) is 0 Å². The van der Waals surface area contributed by atoms with Crippen molar-refractivity contribution >= 4 is 23.3 Å². The molecule has 1 unspecified atom stereocenters. The molecule has 1 atom stereocenters. The Morgan fingerprint density at radius 2 is 2.45 bits per heavy atom. The van der Waals surface area contributed by atoms with E-state index in [-0.39, 0.29) is 11.1 Å². The first kappa shape index (κ1) is 15.0. The molecule has 110 valence electrons. The Hall–Kier alpha value is -1.41. The molecular weight excluding hydrogens is 284 g/mol. The number of nitrogens with zero attached hydrogens (tertiary/aromatic N) is 1. The molecular formula is C12H17ClN4O3. The molecule has 1 aromatic heterocycles. The topological polar surface area (TPSA) is 98.5 Å². The van der Waals surface area contributed by atoms with Crippen LogP contribution >= 0.6 is 11.6 Å². The standard InChI is InChI=1S/C12H17ClN4O3/c1-19-12(2-3-20-7-12)6-15-11(18)8-4-9(13)16-10(5-8)17-14/h4-5H,2-3,6-7,14H2,1H3,(H,15,18)(H,16,17). The zero-order chi connectivity index (χ0) is 14.6. The molecule has 1 aliphatic rings. The van der Waals surface area contributed by atoms with E-state index in [1.165, 1.54) is 12.1 Å². The molecule has 1 fully saturated rings. The van der Waals surface area contributed by atoms with Crippen LogP contribution in [0, 0.1) is 0 Å². The van der Waals surface area contributed by atoms with Crippen molar-refractivity contribution in [2.75, 3.05) is 32.3 Å². The Morgan fingerprint density at radius 1 is 1.65 bits per heavy atom. The van der Waals surface area contributed by atoms with Gasteiger partial charge in [0.05, 0.1) is 6.61 Å². The van der Waals surface area contributed by atoms with Crippen molar-refractivity contribution < 1.29 is 14.3 Å². The molecule has 1 aromatic rings. The van der Waals surface area contributed by atoms with Crippen molar-refractivity contribution in [1.29, 1.82) is 0 Å². The lowest BCUT2D eigenvalue weighted by molar-refractivity contribution is -0.0148. The van der Waals surface area contributed by atoms with Gasteiger partial charge < -0.3 is 20.2 Å². The third-order valence-corrected chi connectivity index (χ3v) is 3.47. The Labute approximate surface area is 121 Å². The van der Waals surface area contributed by atoms with E-state index in [2.05, 4.69) is 15.7 Å². The second-order valence-corrected chi connectivity index (χ2v) is 4.97. The monoisotopic (exact) mass is 300 g/mol. The van der Waals surface area contributed by atoms with Gasteiger partial charge in [0, 0.05) is 32.2 Å². The maximum atomic E-state index is 12.1. The van der Waals surface area contributed by atoms with Crippen LogP contribution in [0.5, 0.6) is 0 Å². The summed E-state index contributed by atoms with van der Waals surface area (Å²) in [7, 11) is 1.61. The highest BCUT2D eigenvalue weighted by molar-refractivity contribution is 6.29. The number of pyridine rings is 1. The molecule has 4 N–H and O–H groups in total. The number of nitrogen functional groups attached to an aromatic ring is 1. The molecule has 8 heteroatoms. The number of anilines is 1. The van der Waals surface area contributed by atoms with Crippen LogP contribution in [0.25, 0.3) is 0 Å². The highest BCUT2D eigenvalue weighted by Crippen LogP contribution is 2.21. The van der Waals surface area contributed by atoms with Gasteiger partial charge in [-0.1, -0.05) is 11.6 Å². The van der Waals surface area contributed by atoms with Crippen LogP contribution in [0.2, 0.25) is 5.15 Å². The van der Waals surface area contributed by atoms with Crippen molar-refractivity contribution in [3.05, 3.63) is 22.8 Å². The minimum absolute atomic E-state index is 0.191. The summed E-state index contributed by atoms with van der Waals surface area (Å²) in [5, 5.41) is 3.00. The first-order chi connectivity index (χ1) is 9.58. The fraction of sp³-hybridized carbons (Fsp3) is 0.500. The fourth-order valence-corrected chi connectivity index (χ4v) is 2.22. The summed E-state index contributed by atoms with van der Waals surface area (Å²) in [6.07, 6.45) is 0.747. The van der Waals surface area contributed by atoms with Gasteiger partial charge in [-0.25, -0.2) is 10.8 Å². The quantitative estimate of drug-likeness (QED) is 0.417. The minimum Gasteiger partial charge on any atom is -0.378 e. The van der Waals surface area contributed by atoms with E-state index in [4.69, 9.17) is 26.9 Å². The summed E-state index contributed by atoms with van der Waals surface area (Å²) in [6.45, 7) is 1.47. The molecule has 1 amide bonds. The second-order valence-electron chi connectivity index (χ2n) is 4.58. The van der Waals surface area contributed by atoms with Gasteiger partial charge >= 0.3 is 0 Å². The largest absolute Gasteiger partial charge is 0.378 e. The van der Waals surface area contributed by atoms with E-state index < -0.39 is 5.60 Å². The summed E-state index contributed by atoms with van der Waals surface area (Å²) >= 11 is 5.82. The molecule has 0 bridgehead atoms. The van der Waals surface area contributed by atoms with E-state index in [9.17, 15) is 4.79 Å². The van der Waals surface area contributed by atoms with Gasteiger partial charge in [0.1, 0.15) is 16.6 Å². The molecule has 7 nitrogen and oxygen atoms in total. The highest BCUT2D eigenvalue weighted by Gasteiger charge is 2.35. The van der Waals surface area contributed by atoms with Crippen molar-refractivity contribution in [2.45, 2.75) is 12.0 Å². The summed E-state index contributed by atoms with van der Waals surface area (Å²) in [6, 6.07) is 2.99. The molecule has 2 heterocycles. The van der Waals surface area contributed by atoms with Crippen LogP contribution in [0.15, 0.2) is 12.1 Å². The van der Waals surface area contributed by atoms with Crippen LogP contribution in [0.3, 0.4) is 0 Å². The maximum absolute atomic E-state index is 12.1. The fourth-order valence-electron chi connectivity index (χ4n) is 2.01. The molecule has 1 aliphatic heterocycles. The van der Waals surface area contributed by atoms with E-state index in [1.54, 1.807) is 7.11 Å². The minimum atomic E-state index is -0.457. The zero-order valence-corrected chi connectivity index (χ0v) is 11.9. The molecule has 20 heavy (non-hydrogen) atoms. The predicted octanol–water partition coefficient (Wildman–Crippen LogP) is 0.556. The van der Waals surface area contributed by atoms with Gasteiger partial charge in [0.25, 0.3) is 5.91 Å². The summed E-state index contributed by atoms with van der Waals surface area (Å²) < 4.78 is 10.8. The van der Waals surface area contributed by atoms with Crippen molar-refractivity contribution in [3.8, 4) is 0 Å². The number of ether oxygens (including phenoxy) is 2. The first-order valence-corrected chi connectivity index (χ1v) is 6.52. The number of carbonyl (C=O) groups is 1. The summed E-state index contributed by atoms with van der Waals surface area (Å²) in [5.74, 6) is 5.32. The average molecular weight is 301 g/mol. The van der Waals surface area contributed by atoms with Crippen LogP contribution in [0.4, 0.5) is 5.82 Å². The number of aromatic nitrogens is 1. The van der Waals surface area contributed by atoms with Crippen LogP contribution in [0.1, 0.15) is 16.8 Å². The van der Waals surface area contributed by atoms with Crippen LogP contribution in [-0.4, -0.2) is 43.4 Å². The number of methoxy groups -OCH3 is 1. The van der Waals surface area contributed by atoms with Crippen molar-refractivity contribution in [2.24, 2.45) is 5.84 Å². The van der Waals surface area contributed by atoms with Gasteiger partial charge in [-0.2, -0.15) is 0 Å². The van der Waals surface area contributed by atoms with Crippen LogP contribution < -0.4 is 16.6 Å². The Kier molecular flexibility index (Phi) is 4.77. The Bertz CT molecular complexity index is 492. The number of nitrogens with two attached hydrogens (primary N) is 1. The number of hydrogen-bond acceptors (Lipinski definition) is 6. The predicted molar refractivity (Wildman–Crippen MR) is 74.6 cm³/mol. The Morgan fingerprint density at radius 3 is 3.05 bits per heavy atom. The highest BCUT2D eigenvalue weighted by atomic mass is 35.5. The number of hydrazine groups is 1. The van der Waals surface area contributed by atoms with E-state index in [0.717, 1.165) is 6.42 Å². The third-order valence-electron chi connectivity index (χ3n) is 3.28. The number of amides is 1. The number of rotatable bonds is 5. The van der Waals surface area contributed by atoms with Gasteiger partial charge in [-0.3, -0.25) is 4.79 Å². The lowest BCUT2D eigenvalue weighted by Gasteiger charge is -2.25. The van der Waals surface area contributed by atoms with E-state index in [0.29, 0.717) is 31.1 Å². The lowest BCUT2D eigenvalue weighted by Crippen LogP contribution is -2.45. The molecule has 0 saturated carbocycles. The van der Waals surface area contributed by atoms with Crippen molar-refractivity contribution in [3.63, 3.8) is 0 Å². The number of nitrogens with one attached hydrogen (secondary N) is 2. The number of hydrogen-bond donors (Lipinski definition) is 3. The van der Waals surface area contributed by atoms with Gasteiger partial charge in [-0.15, -0.1) is 0 Å². The second kappa shape index (κ2) is 6.36. The molecule has 0 spiro atoms.